The average Bonchev–Trinajstić information content (AvgIpc) is 1.69. The number of ether oxygens (including phenoxy) is 3. The minimum atomic E-state index is -2.43. The second kappa shape index (κ2) is 24.6. The second-order valence-electron chi connectivity index (χ2n) is 20.7. The summed E-state index contributed by atoms with van der Waals surface area (Å²) in [6, 6.07) is 55.0. The Labute approximate surface area is 502 Å². The van der Waals surface area contributed by atoms with Crippen molar-refractivity contribution in [2.75, 3.05) is 0 Å². The molecule has 2 aliphatic rings. The van der Waals surface area contributed by atoms with Crippen molar-refractivity contribution in [2.24, 2.45) is 0 Å². The molecule has 0 fully saturated rings. The van der Waals surface area contributed by atoms with Crippen LogP contribution in [0.4, 0.5) is 30.7 Å². The summed E-state index contributed by atoms with van der Waals surface area (Å²) < 4.78 is 117. The van der Waals surface area contributed by atoms with Crippen LogP contribution in [-0.2, 0) is 26.2 Å². The third-order valence-corrected chi connectivity index (χ3v) is 15.2. The second-order valence-corrected chi connectivity index (χ2v) is 20.7. The van der Waals surface area contributed by atoms with Gasteiger partial charge in [0.1, 0.15) is 34.9 Å². The zero-order valence-corrected chi connectivity index (χ0v) is 46.4. The van der Waals surface area contributed by atoms with Crippen molar-refractivity contribution in [2.45, 2.75) is 38.4 Å². The topological polar surface area (TPSA) is 148 Å². The molecule has 0 unspecified atom stereocenters. The number of benzene rings is 9. The minimum Gasteiger partial charge on any atom is -0.478 e. The largest absolute Gasteiger partial charge is 0.478 e. The van der Waals surface area contributed by atoms with Crippen molar-refractivity contribution in [1.29, 1.82) is 0 Å². The molecular weight excluding hydrogens is 1160 g/mol. The molecule has 0 radical (unpaired) electrons. The first kappa shape index (κ1) is 58.2. The number of halogens is 7. The molecule has 13 rings (SSSR count). The number of carboxylic acid groups (broad SMARTS) is 1. The van der Waals surface area contributed by atoms with Crippen molar-refractivity contribution in [1.82, 2.24) is 19.8 Å². The van der Waals surface area contributed by atoms with E-state index in [0.717, 1.165) is 16.7 Å². The maximum Gasteiger partial charge on any atom is 0.344 e. The molecule has 11 aromatic rings. The van der Waals surface area contributed by atoms with E-state index in [-0.39, 0.29) is 82.6 Å². The van der Waals surface area contributed by atoms with E-state index in [1.54, 1.807) is 35.4 Å². The highest BCUT2D eigenvalue weighted by Crippen LogP contribution is 2.46. The number of hydrogen-bond acceptors (Lipinski definition) is 9. The molecule has 0 atom stereocenters. The Kier molecular flexibility index (Phi) is 16.1. The molecule has 0 aliphatic carbocycles. The van der Waals surface area contributed by atoms with Crippen LogP contribution < -0.4 is 14.2 Å². The van der Waals surface area contributed by atoms with Gasteiger partial charge in [-0.3, -0.25) is 19.6 Å². The molecule has 12 nitrogen and oxygen atoms in total. The predicted octanol–water partition coefficient (Wildman–Crippen LogP) is 15.0. The number of hydrogen-bond donors (Lipinski definition) is 1. The van der Waals surface area contributed by atoms with Crippen LogP contribution in [0, 0.1) is 40.7 Å². The van der Waals surface area contributed by atoms with Gasteiger partial charge < -0.3 is 29.1 Å². The Morgan fingerprint density at radius 1 is 0.438 bits per heavy atom. The average molecular weight is 1200 g/mol. The van der Waals surface area contributed by atoms with Crippen LogP contribution in [-0.4, -0.2) is 48.6 Å². The van der Waals surface area contributed by atoms with Crippen molar-refractivity contribution in [3.05, 3.63) is 314 Å². The van der Waals surface area contributed by atoms with Gasteiger partial charge >= 0.3 is 11.9 Å². The Hall–Kier alpha value is -11.2. The van der Waals surface area contributed by atoms with Gasteiger partial charge in [-0.15, -0.1) is 0 Å². The summed E-state index contributed by atoms with van der Waals surface area (Å²) in [5.74, 6) is -17.8. The highest BCUT2D eigenvalue weighted by Gasteiger charge is 2.41. The molecule has 1 N–H and O–H groups in total. The molecule has 0 saturated heterocycles. The maximum atomic E-state index is 14.7. The van der Waals surface area contributed by atoms with E-state index >= 15 is 0 Å². The minimum absolute atomic E-state index is 0.00126. The van der Waals surface area contributed by atoms with Crippen LogP contribution >= 0.6 is 0 Å². The standard InChI is InChI=1S/C38H22F6N2O4.C32H23FN2O4/c39-23-15-13-20(14-16-23)18-46-19-25-26(38(48)50-36-31(43)29(41)28(40)30(42)32(36)44)24-12-7-17-45-33(24)35(27(25)37(46)47)49-34(21-8-3-1-4-9-21)22-10-5-2-6-11-22;33-23-15-13-20(14-16-23)18-35-19-25-26(32(37)38)24-12-7-17-34-28(24)30(27(25)31(35)36)39-29(21-8-3-1-4-9-21)22-10-5-2-6-11-22/h1-17,34H,18-19H2;1-17,29H,18-19H2,(H,37,38). The first-order valence-corrected chi connectivity index (χ1v) is 27.6. The molecule has 2 aliphatic heterocycles. The van der Waals surface area contributed by atoms with E-state index in [1.807, 2.05) is 121 Å². The first-order chi connectivity index (χ1) is 43.1. The van der Waals surface area contributed by atoms with Crippen LogP contribution in [0.25, 0.3) is 21.8 Å². The van der Waals surface area contributed by atoms with Gasteiger partial charge in [-0.1, -0.05) is 158 Å². The van der Waals surface area contributed by atoms with E-state index in [0.29, 0.717) is 33.2 Å². The van der Waals surface area contributed by atoms with E-state index in [4.69, 9.17) is 14.2 Å². The number of pyridine rings is 2. The van der Waals surface area contributed by atoms with E-state index in [2.05, 4.69) is 9.97 Å². The van der Waals surface area contributed by atoms with Crippen molar-refractivity contribution in [3.8, 4) is 17.2 Å². The highest BCUT2D eigenvalue weighted by molar-refractivity contribution is 6.16. The molecule has 0 saturated carbocycles. The van der Waals surface area contributed by atoms with Gasteiger partial charge in [-0.05, 0) is 69.8 Å². The summed E-state index contributed by atoms with van der Waals surface area (Å²) in [5.41, 5.74) is 4.81. The summed E-state index contributed by atoms with van der Waals surface area (Å²) in [7, 11) is 0. The number of amides is 2. The Balaban J connectivity index is 0.000000178. The summed E-state index contributed by atoms with van der Waals surface area (Å²) in [6.07, 6.45) is 1.56. The normalized spacial score (nSPS) is 12.6. The third-order valence-electron chi connectivity index (χ3n) is 15.2. The molecule has 0 spiro atoms. The number of fused-ring (bicyclic) bond motifs is 4. The molecular formula is C70H45F7N4O8. The predicted molar refractivity (Wildman–Crippen MR) is 312 cm³/mol. The number of aromatic nitrogens is 2. The smallest absolute Gasteiger partial charge is 0.344 e. The summed E-state index contributed by atoms with van der Waals surface area (Å²) in [5, 5.41) is 10.6. The number of carbonyl (C=O) groups is 4. The van der Waals surface area contributed by atoms with Gasteiger partial charge in [0.2, 0.25) is 34.8 Å². The summed E-state index contributed by atoms with van der Waals surface area (Å²) >= 11 is 0. The zero-order valence-electron chi connectivity index (χ0n) is 46.4. The first-order valence-electron chi connectivity index (χ1n) is 27.6. The van der Waals surface area contributed by atoms with E-state index in [1.165, 1.54) is 59.6 Å². The fraction of sp³-hybridized carbons (Fsp3) is 0.0857. The van der Waals surface area contributed by atoms with Crippen LogP contribution in [0.5, 0.6) is 17.2 Å². The number of nitrogens with zero attached hydrogens (tertiary/aromatic N) is 4. The molecule has 19 heteroatoms. The summed E-state index contributed by atoms with van der Waals surface area (Å²) in [4.78, 5) is 66.4. The van der Waals surface area contributed by atoms with Gasteiger partial charge in [0.15, 0.2) is 11.5 Å². The lowest BCUT2D eigenvalue weighted by atomic mass is 9.95. The van der Waals surface area contributed by atoms with Crippen LogP contribution in [0.2, 0.25) is 0 Å². The van der Waals surface area contributed by atoms with Crippen LogP contribution in [0.3, 0.4) is 0 Å². The lowest BCUT2D eigenvalue weighted by molar-refractivity contribution is 0.0690. The fourth-order valence-corrected chi connectivity index (χ4v) is 11.1. The third kappa shape index (κ3) is 11.3. The molecule has 2 aromatic heterocycles. The quantitative estimate of drug-likeness (QED) is 0.0346. The summed E-state index contributed by atoms with van der Waals surface area (Å²) in [6.45, 7) is -0.0495. The van der Waals surface area contributed by atoms with E-state index < -0.39 is 76.3 Å². The molecule has 89 heavy (non-hydrogen) atoms. The van der Waals surface area contributed by atoms with Gasteiger partial charge in [-0.25, -0.2) is 31.5 Å². The number of aromatic carboxylic acids is 1. The lowest BCUT2D eigenvalue weighted by Gasteiger charge is -2.23. The van der Waals surface area contributed by atoms with Crippen LogP contribution in [0.1, 0.15) is 98.1 Å². The van der Waals surface area contributed by atoms with Gasteiger partial charge in [0.05, 0.1) is 22.3 Å². The van der Waals surface area contributed by atoms with Crippen molar-refractivity contribution < 1.29 is 69.2 Å². The maximum absolute atomic E-state index is 14.7. The Morgan fingerprint density at radius 2 is 0.787 bits per heavy atom. The molecule has 442 valence electrons. The number of carbonyl (C=O) groups excluding carboxylic acids is 3. The van der Waals surface area contributed by atoms with Crippen LogP contribution in [0.15, 0.2) is 207 Å². The number of rotatable bonds is 15. The number of carboxylic acids is 1. The van der Waals surface area contributed by atoms with Gasteiger partial charge in [0.25, 0.3) is 11.8 Å². The lowest BCUT2D eigenvalue weighted by Crippen LogP contribution is -2.23. The monoisotopic (exact) mass is 1200 g/mol. The van der Waals surface area contributed by atoms with Gasteiger partial charge in [0, 0.05) is 60.5 Å². The van der Waals surface area contributed by atoms with E-state index in [9.17, 15) is 55.0 Å². The Morgan fingerprint density at radius 3 is 1.16 bits per heavy atom. The molecule has 9 aromatic carbocycles. The van der Waals surface area contributed by atoms with Crippen molar-refractivity contribution in [3.63, 3.8) is 0 Å². The molecule has 0 bridgehead atoms. The van der Waals surface area contributed by atoms with Gasteiger partial charge in [-0.2, -0.15) is 8.78 Å². The molecule has 4 heterocycles. The number of esters is 1. The Bertz CT molecular complexity index is 4440. The fourth-order valence-electron chi connectivity index (χ4n) is 11.1. The zero-order chi connectivity index (χ0) is 62.0. The molecule has 2 amide bonds. The van der Waals surface area contributed by atoms with Crippen molar-refractivity contribution >= 4 is 45.6 Å². The highest BCUT2D eigenvalue weighted by atomic mass is 19.2. The SMILES string of the molecule is O=C(O)c1c2c(c(OC(c3ccccc3)c3ccccc3)c3ncccc13)C(=O)N(Cc1ccc(F)cc1)C2.O=C(Oc1c(F)c(F)c(F)c(F)c1F)c1c2c(c(OC(c3ccccc3)c3ccccc3)c3ncccc13)C(=O)N(Cc1ccc(F)cc1)C2.